The fourth-order valence-corrected chi connectivity index (χ4v) is 4.32. The third-order valence-corrected chi connectivity index (χ3v) is 6.02. The van der Waals surface area contributed by atoms with Gasteiger partial charge in [0.2, 0.25) is 5.91 Å². The monoisotopic (exact) mass is 435 g/mol. The van der Waals surface area contributed by atoms with Crippen LogP contribution in [0.1, 0.15) is 32.7 Å². The van der Waals surface area contributed by atoms with E-state index < -0.39 is 12.1 Å². The van der Waals surface area contributed by atoms with Crippen molar-refractivity contribution in [3.8, 4) is 0 Å². The minimum atomic E-state index is -0.619. The molecule has 1 aliphatic rings. The number of likely N-dealkylation sites (tertiary alicyclic amines) is 1. The van der Waals surface area contributed by atoms with Crippen molar-refractivity contribution in [2.45, 2.75) is 38.8 Å². The van der Waals surface area contributed by atoms with Crippen molar-refractivity contribution in [2.24, 2.45) is 5.92 Å². The summed E-state index contributed by atoms with van der Waals surface area (Å²) in [6.45, 7) is 4.93. The van der Waals surface area contributed by atoms with Crippen LogP contribution < -0.4 is 16.3 Å². The van der Waals surface area contributed by atoms with Gasteiger partial charge in [-0.15, -0.1) is 0 Å². The Morgan fingerprint density at radius 3 is 2.34 bits per heavy atom. The van der Waals surface area contributed by atoms with Crippen LogP contribution in [0.2, 0.25) is 0 Å². The highest BCUT2D eigenvalue weighted by Gasteiger charge is 2.32. The van der Waals surface area contributed by atoms with Crippen LogP contribution in [-0.4, -0.2) is 45.5 Å². The van der Waals surface area contributed by atoms with Crippen molar-refractivity contribution >= 4 is 28.7 Å². The number of para-hydroxylation sites is 3. The van der Waals surface area contributed by atoms with E-state index in [4.69, 9.17) is 0 Å². The molecule has 1 aromatic heterocycles. The average Bonchev–Trinajstić information content (AvgIpc) is 3.13. The predicted octanol–water partition coefficient (Wildman–Crippen LogP) is 3.34. The lowest BCUT2D eigenvalue weighted by Gasteiger charge is -2.35. The molecule has 4 rings (SSSR count). The van der Waals surface area contributed by atoms with Crippen molar-refractivity contribution < 1.29 is 9.59 Å². The standard InChI is InChI=1S/C24H29N5O3/c1-16(2)21(27-23(31)25-17-8-4-3-5-9-17)22(30)28-14-12-18(13-15-28)29-20-11-7-6-10-19(20)26-24(29)32/h3-11,16,18,21H,12-15H2,1-2H3,(H,26,32)(H2,25,27,31). The number of imidazole rings is 1. The van der Waals surface area contributed by atoms with E-state index in [1.165, 1.54) is 0 Å². The number of aromatic amines is 1. The zero-order valence-corrected chi connectivity index (χ0v) is 18.4. The second kappa shape index (κ2) is 9.30. The Labute approximate surface area is 186 Å². The van der Waals surface area contributed by atoms with Crippen LogP contribution in [0, 0.1) is 5.92 Å². The van der Waals surface area contributed by atoms with E-state index in [2.05, 4.69) is 15.6 Å². The largest absolute Gasteiger partial charge is 0.341 e. The van der Waals surface area contributed by atoms with E-state index in [9.17, 15) is 14.4 Å². The first-order chi connectivity index (χ1) is 15.4. The van der Waals surface area contributed by atoms with Gasteiger partial charge >= 0.3 is 11.7 Å². The third kappa shape index (κ3) is 4.54. The van der Waals surface area contributed by atoms with Gasteiger partial charge in [0, 0.05) is 24.8 Å². The summed E-state index contributed by atoms with van der Waals surface area (Å²) in [5.41, 5.74) is 2.27. The molecule has 3 N–H and O–H groups in total. The molecule has 0 saturated carbocycles. The summed E-state index contributed by atoms with van der Waals surface area (Å²) in [4.78, 5) is 42.9. The summed E-state index contributed by atoms with van der Waals surface area (Å²) in [7, 11) is 0. The van der Waals surface area contributed by atoms with Crippen LogP contribution in [0.4, 0.5) is 10.5 Å². The molecule has 2 aromatic carbocycles. The number of carbonyl (C=O) groups excluding carboxylic acids is 2. The Hall–Kier alpha value is -3.55. The number of amides is 3. The maximum absolute atomic E-state index is 13.2. The quantitative estimate of drug-likeness (QED) is 0.573. The Kier molecular flexibility index (Phi) is 6.30. The van der Waals surface area contributed by atoms with Crippen molar-refractivity contribution in [1.29, 1.82) is 0 Å². The van der Waals surface area contributed by atoms with Crippen LogP contribution in [0.15, 0.2) is 59.4 Å². The molecule has 168 valence electrons. The summed E-state index contributed by atoms with van der Waals surface area (Å²) in [6, 6.07) is 15.8. The number of carbonyl (C=O) groups is 2. The molecule has 0 bridgehead atoms. The number of aromatic nitrogens is 2. The normalized spacial score (nSPS) is 15.7. The maximum atomic E-state index is 13.2. The summed E-state index contributed by atoms with van der Waals surface area (Å²) in [5, 5.41) is 5.60. The highest BCUT2D eigenvalue weighted by molar-refractivity contribution is 5.93. The van der Waals surface area contributed by atoms with Crippen LogP contribution in [0.3, 0.4) is 0 Å². The summed E-state index contributed by atoms with van der Waals surface area (Å²) >= 11 is 0. The number of hydrogen-bond acceptors (Lipinski definition) is 3. The van der Waals surface area contributed by atoms with Gasteiger partial charge in [-0.3, -0.25) is 9.36 Å². The number of urea groups is 1. The van der Waals surface area contributed by atoms with Gasteiger partial charge in [-0.05, 0) is 43.0 Å². The van der Waals surface area contributed by atoms with Crippen LogP contribution >= 0.6 is 0 Å². The van der Waals surface area contributed by atoms with E-state index in [-0.39, 0.29) is 23.6 Å². The molecule has 8 nitrogen and oxygen atoms in total. The number of H-pyrrole nitrogens is 1. The second-order valence-electron chi connectivity index (χ2n) is 8.56. The summed E-state index contributed by atoms with van der Waals surface area (Å²) < 4.78 is 1.81. The van der Waals surface area contributed by atoms with E-state index in [0.717, 1.165) is 11.0 Å². The Morgan fingerprint density at radius 2 is 1.66 bits per heavy atom. The number of rotatable bonds is 5. The fraction of sp³-hybridized carbons (Fsp3) is 0.375. The first-order valence-electron chi connectivity index (χ1n) is 11.0. The molecule has 1 aliphatic heterocycles. The molecule has 3 amide bonds. The average molecular weight is 436 g/mol. The zero-order chi connectivity index (χ0) is 22.7. The van der Waals surface area contributed by atoms with E-state index in [0.29, 0.717) is 31.6 Å². The lowest BCUT2D eigenvalue weighted by Crippen LogP contribution is -2.54. The SMILES string of the molecule is CC(C)C(NC(=O)Nc1ccccc1)C(=O)N1CCC(n2c(=O)[nH]c3ccccc32)CC1. The summed E-state index contributed by atoms with van der Waals surface area (Å²) in [5.74, 6) is -0.147. The summed E-state index contributed by atoms with van der Waals surface area (Å²) in [6.07, 6.45) is 1.38. The van der Waals surface area contributed by atoms with Crippen molar-refractivity contribution in [2.75, 3.05) is 18.4 Å². The van der Waals surface area contributed by atoms with Crippen molar-refractivity contribution in [1.82, 2.24) is 19.8 Å². The molecular formula is C24H29N5O3. The molecule has 1 atom stereocenters. The molecule has 1 unspecified atom stereocenters. The second-order valence-corrected chi connectivity index (χ2v) is 8.56. The van der Waals surface area contributed by atoms with Crippen molar-refractivity contribution in [3.05, 3.63) is 65.1 Å². The smallest absolute Gasteiger partial charge is 0.326 e. The molecule has 3 aromatic rings. The van der Waals surface area contributed by atoms with Gasteiger partial charge in [-0.2, -0.15) is 0 Å². The number of fused-ring (bicyclic) bond motifs is 1. The Morgan fingerprint density at radius 1 is 1.00 bits per heavy atom. The molecule has 0 aliphatic carbocycles. The van der Waals surface area contributed by atoms with Gasteiger partial charge in [0.05, 0.1) is 11.0 Å². The molecule has 32 heavy (non-hydrogen) atoms. The van der Waals surface area contributed by atoms with Gasteiger partial charge in [0.25, 0.3) is 0 Å². The van der Waals surface area contributed by atoms with Crippen LogP contribution in [0.5, 0.6) is 0 Å². The topological polar surface area (TPSA) is 99.2 Å². The molecule has 8 heteroatoms. The Balaban J connectivity index is 1.40. The van der Waals surface area contributed by atoms with Gasteiger partial charge < -0.3 is 20.5 Å². The lowest BCUT2D eigenvalue weighted by molar-refractivity contribution is -0.135. The first-order valence-corrected chi connectivity index (χ1v) is 11.0. The highest BCUT2D eigenvalue weighted by Crippen LogP contribution is 2.25. The molecular weight excluding hydrogens is 406 g/mol. The molecule has 0 radical (unpaired) electrons. The van der Waals surface area contributed by atoms with Gasteiger partial charge in [-0.25, -0.2) is 9.59 Å². The van der Waals surface area contributed by atoms with Gasteiger partial charge in [0.1, 0.15) is 6.04 Å². The third-order valence-electron chi connectivity index (χ3n) is 6.02. The zero-order valence-electron chi connectivity index (χ0n) is 18.4. The number of nitrogens with one attached hydrogen (secondary N) is 3. The molecule has 1 saturated heterocycles. The Bertz CT molecular complexity index is 1140. The fourth-order valence-electron chi connectivity index (χ4n) is 4.32. The van der Waals surface area contributed by atoms with E-state index >= 15 is 0 Å². The number of piperidine rings is 1. The number of nitrogens with zero attached hydrogens (tertiary/aromatic N) is 2. The van der Waals surface area contributed by atoms with Crippen LogP contribution in [0.25, 0.3) is 11.0 Å². The molecule has 2 heterocycles. The number of hydrogen-bond donors (Lipinski definition) is 3. The minimum Gasteiger partial charge on any atom is -0.341 e. The first kappa shape index (κ1) is 21.7. The van der Waals surface area contributed by atoms with Crippen LogP contribution in [-0.2, 0) is 4.79 Å². The van der Waals surface area contributed by atoms with E-state index in [1.54, 1.807) is 17.0 Å². The number of anilines is 1. The van der Waals surface area contributed by atoms with Crippen molar-refractivity contribution in [3.63, 3.8) is 0 Å². The maximum Gasteiger partial charge on any atom is 0.326 e. The lowest BCUT2D eigenvalue weighted by atomic mass is 9.99. The van der Waals surface area contributed by atoms with Gasteiger partial charge in [-0.1, -0.05) is 44.2 Å². The predicted molar refractivity (Wildman–Crippen MR) is 125 cm³/mol. The van der Waals surface area contributed by atoms with Gasteiger partial charge in [0.15, 0.2) is 0 Å². The number of benzene rings is 2. The van der Waals surface area contributed by atoms with E-state index in [1.807, 2.05) is 60.9 Å². The highest BCUT2D eigenvalue weighted by atomic mass is 16.2. The molecule has 0 spiro atoms. The molecule has 1 fully saturated rings. The minimum absolute atomic E-state index is 0.0366.